The highest BCUT2D eigenvalue weighted by Crippen LogP contribution is 2.18. The van der Waals surface area contributed by atoms with Crippen molar-refractivity contribution in [1.29, 1.82) is 0 Å². The van der Waals surface area contributed by atoms with E-state index in [-0.39, 0.29) is 11.5 Å². The predicted molar refractivity (Wildman–Crippen MR) is 62.8 cm³/mol. The summed E-state index contributed by atoms with van der Waals surface area (Å²) in [5.41, 5.74) is -0.332. The predicted octanol–water partition coefficient (Wildman–Crippen LogP) is 1.05. The molecule has 19 heavy (non-hydrogen) atoms. The van der Waals surface area contributed by atoms with Gasteiger partial charge in [0.05, 0.1) is 5.56 Å². The van der Waals surface area contributed by atoms with Crippen LogP contribution in [0.1, 0.15) is 10.4 Å². The summed E-state index contributed by atoms with van der Waals surface area (Å²) in [7, 11) is -4.25. The average molecular weight is 285 g/mol. The van der Waals surface area contributed by atoms with E-state index in [4.69, 9.17) is 5.11 Å². The van der Waals surface area contributed by atoms with E-state index in [1.54, 1.807) is 0 Å². The molecule has 1 aromatic carbocycles. The van der Waals surface area contributed by atoms with Gasteiger partial charge in [-0.2, -0.15) is 0 Å². The highest BCUT2D eigenvalue weighted by Gasteiger charge is 2.22. The van der Waals surface area contributed by atoms with Gasteiger partial charge in [0.2, 0.25) is 5.95 Å². The molecule has 2 aromatic rings. The molecule has 0 radical (unpaired) electrons. The van der Waals surface area contributed by atoms with Crippen molar-refractivity contribution in [2.45, 2.75) is 4.90 Å². The first-order chi connectivity index (χ1) is 8.90. The first kappa shape index (κ1) is 13.0. The van der Waals surface area contributed by atoms with Gasteiger partial charge in [0.25, 0.3) is 10.0 Å². The Kier molecular flexibility index (Phi) is 3.21. The van der Waals surface area contributed by atoms with Gasteiger partial charge in [-0.1, -0.05) is 0 Å². The summed E-state index contributed by atoms with van der Waals surface area (Å²) in [6, 6.07) is 2.49. The molecule has 1 heterocycles. The number of anilines is 1. The number of benzene rings is 1. The summed E-state index contributed by atoms with van der Waals surface area (Å²) in [6.45, 7) is 0. The van der Waals surface area contributed by atoms with Crippen LogP contribution in [0.2, 0.25) is 0 Å². The molecule has 0 atom stereocenters. The lowest BCUT2D eigenvalue weighted by Crippen LogP contribution is -2.16. The van der Waals surface area contributed by atoms with Crippen LogP contribution >= 0.6 is 0 Å². The summed E-state index contributed by atoms with van der Waals surface area (Å²) >= 11 is 0. The molecule has 0 amide bonds. The quantitative estimate of drug-likeness (QED) is 0.777. The number of hydrogen-bond acceptors (Lipinski definition) is 4. The number of carboxylic acids is 1. The Morgan fingerprint density at radius 2 is 2.16 bits per heavy atom. The smallest absolute Gasteiger partial charge is 0.335 e. The molecular formula is C10H8FN3O4S. The average Bonchev–Trinajstić information content (AvgIpc) is 2.81. The first-order valence-electron chi connectivity index (χ1n) is 4.95. The van der Waals surface area contributed by atoms with Gasteiger partial charge in [-0.25, -0.2) is 27.3 Å². The Morgan fingerprint density at radius 1 is 1.42 bits per heavy atom. The van der Waals surface area contributed by atoms with Crippen molar-refractivity contribution in [3.63, 3.8) is 0 Å². The molecule has 2 rings (SSSR count). The highest BCUT2D eigenvalue weighted by molar-refractivity contribution is 7.92. The standard InChI is InChI=1S/C10H8FN3O4S/c11-7-2-1-6(9(15)16)5-8(7)19(17,18)14-10-12-3-4-13-10/h1-5H,(H,15,16)(H2,12,13,14). The van der Waals surface area contributed by atoms with E-state index in [0.29, 0.717) is 0 Å². The number of nitrogens with zero attached hydrogens (tertiary/aromatic N) is 1. The normalized spacial score (nSPS) is 11.2. The van der Waals surface area contributed by atoms with E-state index in [0.717, 1.165) is 18.2 Å². The number of H-pyrrole nitrogens is 1. The van der Waals surface area contributed by atoms with Gasteiger partial charge in [-0.3, -0.25) is 0 Å². The molecule has 0 saturated carbocycles. The van der Waals surface area contributed by atoms with Gasteiger partial charge in [0.1, 0.15) is 10.7 Å². The zero-order valence-electron chi connectivity index (χ0n) is 9.29. The van der Waals surface area contributed by atoms with Crippen molar-refractivity contribution in [3.05, 3.63) is 42.0 Å². The number of carbonyl (C=O) groups is 1. The molecule has 1 aromatic heterocycles. The van der Waals surface area contributed by atoms with Crippen molar-refractivity contribution >= 4 is 21.9 Å². The summed E-state index contributed by atoms with van der Waals surface area (Å²) in [5.74, 6) is -2.50. The minimum Gasteiger partial charge on any atom is -0.478 e. The number of rotatable bonds is 4. The van der Waals surface area contributed by atoms with E-state index in [1.165, 1.54) is 12.4 Å². The lowest BCUT2D eigenvalue weighted by Gasteiger charge is -2.07. The number of halogens is 1. The molecule has 100 valence electrons. The molecule has 9 heteroatoms. The SMILES string of the molecule is O=C(O)c1ccc(F)c(S(=O)(=O)Nc2ncc[nH]2)c1. The maximum Gasteiger partial charge on any atom is 0.335 e. The third-order valence-electron chi connectivity index (χ3n) is 2.20. The van der Waals surface area contributed by atoms with Crippen molar-refractivity contribution in [1.82, 2.24) is 9.97 Å². The number of aromatic carboxylic acids is 1. The summed E-state index contributed by atoms with van der Waals surface area (Å²) in [6.07, 6.45) is 2.68. The van der Waals surface area contributed by atoms with Gasteiger partial charge < -0.3 is 10.1 Å². The van der Waals surface area contributed by atoms with Gasteiger partial charge in [0, 0.05) is 12.4 Å². The third kappa shape index (κ3) is 2.71. The zero-order chi connectivity index (χ0) is 14.0. The van der Waals surface area contributed by atoms with E-state index >= 15 is 0 Å². The number of aromatic amines is 1. The number of sulfonamides is 1. The lowest BCUT2D eigenvalue weighted by atomic mass is 10.2. The van der Waals surface area contributed by atoms with Crippen LogP contribution in [0.3, 0.4) is 0 Å². The van der Waals surface area contributed by atoms with E-state index in [9.17, 15) is 17.6 Å². The Balaban J connectivity index is 2.45. The second-order valence-electron chi connectivity index (χ2n) is 3.49. The van der Waals surface area contributed by atoms with Crippen LogP contribution < -0.4 is 4.72 Å². The van der Waals surface area contributed by atoms with Gasteiger partial charge >= 0.3 is 5.97 Å². The molecule has 0 bridgehead atoms. The fourth-order valence-corrected chi connectivity index (χ4v) is 2.43. The number of aromatic nitrogens is 2. The topological polar surface area (TPSA) is 112 Å². The third-order valence-corrected chi connectivity index (χ3v) is 3.55. The molecule has 0 fully saturated rings. The second-order valence-corrected chi connectivity index (χ2v) is 5.14. The molecule has 0 saturated heterocycles. The Labute approximate surface area is 107 Å². The molecule has 7 nitrogen and oxygen atoms in total. The number of hydrogen-bond donors (Lipinski definition) is 3. The van der Waals surface area contributed by atoms with Crippen molar-refractivity contribution < 1.29 is 22.7 Å². The number of nitrogens with one attached hydrogen (secondary N) is 2. The minimum absolute atomic E-state index is 0.0971. The maximum atomic E-state index is 13.5. The first-order valence-corrected chi connectivity index (χ1v) is 6.43. The minimum atomic E-state index is -4.25. The fourth-order valence-electron chi connectivity index (χ4n) is 1.35. The molecule has 0 unspecified atom stereocenters. The summed E-state index contributed by atoms with van der Waals surface area (Å²) in [4.78, 5) is 16.1. The Hall–Kier alpha value is -2.42. The Morgan fingerprint density at radius 3 is 2.74 bits per heavy atom. The van der Waals surface area contributed by atoms with Crippen LogP contribution in [0.25, 0.3) is 0 Å². The fraction of sp³-hybridized carbons (Fsp3) is 0. The van der Waals surface area contributed by atoms with Crippen molar-refractivity contribution in [2.24, 2.45) is 0 Å². The number of imidazole rings is 1. The van der Waals surface area contributed by atoms with Crippen molar-refractivity contribution in [3.8, 4) is 0 Å². The molecular weight excluding hydrogens is 277 g/mol. The molecule has 0 aliphatic rings. The van der Waals surface area contributed by atoms with E-state index in [2.05, 4.69) is 9.97 Å². The Bertz CT molecular complexity index is 712. The summed E-state index contributed by atoms with van der Waals surface area (Å²) in [5, 5.41) is 8.77. The van der Waals surface area contributed by atoms with E-state index < -0.39 is 26.7 Å². The number of carboxylic acid groups (broad SMARTS) is 1. The second kappa shape index (κ2) is 4.69. The molecule has 3 N–H and O–H groups in total. The summed E-state index contributed by atoms with van der Waals surface area (Å²) < 4.78 is 39.3. The maximum absolute atomic E-state index is 13.5. The van der Waals surface area contributed by atoms with Gasteiger partial charge in [-0.05, 0) is 18.2 Å². The van der Waals surface area contributed by atoms with Crippen LogP contribution in [0.4, 0.5) is 10.3 Å². The van der Waals surface area contributed by atoms with E-state index in [1.807, 2.05) is 4.72 Å². The largest absolute Gasteiger partial charge is 0.478 e. The van der Waals surface area contributed by atoms with Crippen LogP contribution in [0.15, 0.2) is 35.5 Å². The highest BCUT2D eigenvalue weighted by atomic mass is 32.2. The van der Waals surface area contributed by atoms with Crippen LogP contribution in [0, 0.1) is 5.82 Å². The molecule has 0 aliphatic carbocycles. The van der Waals surface area contributed by atoms with Crippen LogP contribution in [0.5, 0.6) is 0 Å². The van der Waals surface area contributed by atoms with Gasteiger partial charge in [0.15, 0.2) is 0 Å². The van der Waals surface area contributed by atoms with Crippen LogP contribution in [-0.4, -0.2) is 29.5 Å². The zero-order valence-corrected chi connectivity index (χ0v) is 10.1. The monoisotopic (exact) mass is 285 g/mol. The van der Waals surface area contributed by atoms with Crippen LogP contribution in [-0.2, 0) is 10.0 Å². The van der Waals surface area contributed by atoms with Gasteiger partial charge in [-0.15, -0.1) is 0 Å². The lowest BCUT2D eigenvalue weighted by molar-refractivity contribution is 0.0696. The van der Waals surface area contributed by atoms with Crippen molar-refractivity contribution in [2.75, 3.05) is 4.72 Å². The molecule has 0 spiro atoms. The molecule has 0 aliphatic heterocycles.